The van der Waals surface area contributed by atoms with E-state index in [0.717, 1.165) is 0 Å². The predicted octanol–water partition coefficient (Wildman–Crippen LogP) is 5.97. The quantitative estimate of drug-likeness (QED) is 0.198. The van der Waals surface area contributed by atoms with Gasteiger partial charge in [0.05, 0.1) is 11.1 Å². The van der Waals surface area contributed by atoms with Crippen molar-refractivity contribution in [2.75, 3.05) is 0 Å². The van der Waals surface area contributed by atoms with Crippen molar-refractivity contribution in [1.29, 1.82) is 0 Å². The minimum atomic E-state index is -5.26. The van der Waals surface area contributed by atoms with Crippen LogP contribution >= 0.6 is 0 Å². The van der Waals surface area contributed by atoms with E-state index < -0.39 is 69.9 Å². The van der Waals surface area contributed by atoms with Crippen molar-refractivity contribution < 1.29 is 40.7 Å². The Kier molecular flexibility index (Phi) is 3.63. The van der Waals surface area contributed by atoms with Gasteiger partial charge >= 0.3 is 24.3 Å². The second-order valence-electron chi connectivity index (χ2n) is 10.1. The molecule has 0 spiro atoms. The molecule has 1 heterocycles. The lowest BCUT2D eigenvalue weighted by Crippen LogP contribution is -2.67. The summed E-state index contributed by atoms with van der Waals surface area (Å²) in [6.45, 7) is 0. The summed E-state index contributed by atoms with van der Waals surface area (Å²) in [7, 11) is 0. The molecule has 6 atom stereocenters. The Hall–Kier alpha value is -3.10. The molecule has 1 aliphatic heterocycles. The second kappa shape index (κ2) is 5.99. The largest absolute Gasteiger partial charge is 0.417 e. The van der Waals surface area contributed by atoms with E-state index in [2.05, 4.69) is 0 Å². The molecule has 7 aliphatic rings. The minimum Gasteiger partial charge on any atom is -0.392 e. The van der Waals surface area contributed by atoms with Gasteiger partial charge in [0, 0.05) is 11.8 Å². The molecule has 0 amide bonds. The minimum absolute atomic E-state index is 0.0252. The molecule has 35 heavy (non-hydrogen) atoms. The summed E-state index contributed by atoms with van der Waals surface area (Å²) in [5.41, 5.74) is -5.36. The van der Waals surface area contributed by atoms with Crippen molar-refractivity contribution >= 4 is 11.9 Å². The van der Waals surface area contributed by atoms with Crippen LogP contribution in [0, 0.1) is 22.7 Å². The van der Waals surface area contributed by atoms with Gasteiger partial charge in [0.2, 0.25) is 0 Å². The summed E-state index contributed by atoms with van der Waals surface area (Å²) in [5, 5.41) is 0. The number of cyclic esters (lactones) is 2. The van der Waals surface area contributed by atoms with Gasteiger partial charge in [-0.3, -0.25) is 9.59 Å². The van der Waals surface area contributed by atoms with Crippen LogP contribution in [-0.4, -0.2) is 11.9 Å². The van der Waals surface area contributed by atoms with Gasteiger partial charge in [-0.25, -0.2) is 0 Å². The van der Waals surface area contributed by atoms with Gasteiger partial charge in [-0.2, -0.15) is 26.3 Å². The van der Waals surface area contributed by atoms with Crippen molar-refractivity contribution in [3.8, 4) is 0 Å². The van der Waals surface area contributed by atoms with Crippen LogP contribution in [0.1, 0.15) is 58.1 Å². The normalized spacial score (nSPS) is 35.9. The van der Waals surface area contributed by atoms with Gasteiger partial charge in [-0.15, -0.1) is 0 Å². The number of fused-ring (bicyclic) bond motifs is 1. The van der Waals surface area contributed by atoms with Crippen LogP contribution in [0.4, 0.5) is 26.3 Å². The number of alkyl halides is 6. The number of hydrogen-bond donors (Lipinski definition) is 0. The van der Waals surface area contributed by atoms with Gasteiger partial charge in [0.1, 0.15) is 10.8 Å². The third kappa shape index (κ3) is 2.10. The predicted molar refractivity (Wildman–Crippen MR) is 108 cm³/mol. The van der Waals surface area contributed by atoms with Crippen LogP contribution in [0.15, 0.2) is 48.6 Å². The maximum Gasteiger partial charge on any atom is 0.417 e. The molecule has 9 heteroatoms. The number of benzene rings is 2. The van der Waals surface area contributed by atoms with Gasteiger partial charge in [-0.1, -0.05) is 36.4 Å². The molecule has 2 aromatic carbocycles. The van der Waals surface area contributed by atoms with E-state index in [-0.39, 0.29) is 11.1 Å². The van der Waals surface area contributed by atoms with E-state index in [1.807, 2.05) is 12.2 Å². The van der Waals surface area contributed by atoms with E-state index in [0.29, 0.717) is 36.1 Å². The molecule has 0 radical (unpaired) electrons. The highest BCUT2D eigenvalue weighted by atomic mass is 19.4. The fourth-order valence-electron chi connectivity index (χ4n) is 8.18. The van der Waals surface area contributed by atoms with Gasteiger partial charge in [0.25, 0.3) is 0 Å². The molecule has 180 valence electrons. The van der Waals surface area contributed by atoms with E-state index in [1.165, 1.54) is 0 Å². The standard InChI is InChI=1S/C26H16F6O3/c27-25(28,29)17-9-15-16(10-18(17)26(30,31)32)20-14-4-2-1-3-13(14)19(15)23-11-5-7-12(8-6-11)24(20,23)22(34)35-21(23)33/h1-5,7,9-12,19-20H,6,8H2/t11-,12+,19-,20+,23-,24+. The van der Waals surface area contributed by atoms with Crippen LogP contribution in [0.5, 0.6) is 0 Å². The summed E-state index contributed by atoms with van der Waals surface area (Å²) in [5.74, 6) is -4.58. The molecule has 4 bridgehead atoms. The van der Waals surface area contributed by atoms with E-state index in [9.17, 15) is 35.9 Å². The molecule has 9 rings (SSSR count). The zero-order chi connectivity index (χ0) is 24.7. The number of hydrogen-bond acceptors (Lipinski definition) is 3. The lowest BCUT2D eigenvalue weighted by atomic mass is 9.31. The molecule has 0 aromatic heterocycles. The summed E-state index contributed by atoms with van der Waals surface area (Å²) in [6, 6.07) is 7.89. The third-order valence-corrected chi connectivity index (χ3v) is 9.06. The van der Waals surface area contributed by atoms with Crippen LogP contribution in [0.3, 0.4) is 0 Å². The maximum absolute atomic E-state index is 13.9. The highest BCUT2D eigenvalue weighted by molar-refractivity contribution is 6.07. The lowest BCUT2D eigenvalue weighted by Gasteiger charge is -2.66. The molecule has 2 fully saturated rings. The van der Waals surface area contributed by atoms with Crippen LogP contribution in [-0.2, 0) is 26.7 Å². The topological polar surface area (TPSA) is 43.4 Å². The number of halogens is 6. The van der Waals surface area contributed by atoms with Gasteiger partial charge < -0.3 is 4.74 Å². The smallest absolute Gasteiger partial charge is 0.392 e. The zero-order valence-electron chi connectivity index (χ0n) is 17.8. The number of ether oxygens (including phenoxy) is 1. The number of allylic oxidation sites excluding steroid dienone is 2. The fourth-order valence-corrected chi connectivity index (χ4v) is 8.18. The van der Waals surface area contributed by atoms with E-state index in [1.54, 1.807) is 24.3 Å². The zero-order valence-corrected chi connectivity index (χ0v) is 17.8. The van der Waals surface area contributed by atoms with Crippen LogP contribution in [0.25, 0.3) is 0 Å². The first-order valence-corrected chi connectivity index (χ1v) is 11.3. The maximum atomic E-state index is 13.9. The first kappa shape index (κ1) is 21.2. The molecular formula is C26H16F6O3. The summed E-state index contributed by atoms with van der Waals surface area (Å²) in [6.07, 6.45) is -5.77. The summed E-state index contributed by atoms with van der Waals surface area (Å²) in [4.78, 5) is 27.2. The van der Waals surface area contributed by atoms with Crippen molar-refractivity contribution in [2.45, 2.75) is 37.0 Å². The SMILES string of the molecule is O=C1OC(=O)[C@]23[C@H]4c5ccccc5[C@H](c5cc(C(F)(F)F)c(C(F)(F)F)cc54)[C@]12[C@@H]1C=C[C@H]3CC1. The molecule has 0 N–H and O–H groups in total. The lowest BCUT2D eigenvalue weighted by molar-refractivity contribution is -0.164. The van der Waals surface area contributed by atoms with Crippen molar-refractivity contribution in [2.24, 2.45) is 22.7 Å². The van der Waals surface area contributed by atoms with Crippen molar-refractivity contribution in [1.82, 2.24) is 0 Å². The molecule has 6 aliphatic carbocycles. The first-order chi connectivity index (χ1) is 16.4. The monoisotopic (exact) mass is 490 g/mol. The summed E-state index contributed by atoms with van der Waals surface area (Å²) < 4.78 is 88.8. The fraction of sp³-hybridized carbons (Fsp3) is 0.385. The first-order valence-electron chi connectivity index (χ1n) is 11.3. The number of carbonyl (C=O) groups excluding carboxylic acids is 2. The van der Waals surface area contributed by atoms with Crippen LogP contribution < -0.4 is 0 Å². The Balaban J connectivity index is 1.66. The van der Waals surface area contributed by atoms with Crippen molar-refractivity contribution in [3.05, 3.63) is 81.9 Å². The molecule has 1 saturated heterocycles. The molecule has 3 nitrogen and oxygen atoms in total. The summed E-state index contributed by atoms with van der Waals surface area (Å²) >= 11 is 0. The van der Waals surface area contributed by atoms with Gasteiger partial charge in [-0.05, 0) is 59.1 Å². The van der Waals surface area contributed by atoms with E-state index in [4.69, 9.17) is 4.74 Å². The molecule has 1 saturated carbocycles. The average Bonchev–Trinajstić information content (AvgIpc) is 3.07. The second-order valence-corrected chi connectivity index (χ2v) is 10.1. The Morgan fingerprint density at radius 2 is 1.09 bits per heavy atom. The van der Waals surface area contributed by atoms with Gasteiger partial charge in [0.15, 0.2) is 0 Å². The Morgan fingerprint density at radius 1 is 0.686 bits per heavy atom. The number of esters is 2. The Labute approximate surface area is 194 Å². The highest BCUT2D eigenvalue weighted by Crippen LogP contribution is 2.81. The number of rotatable bonds is 0. The number of carbonyl (C=O) groups is 2. The molecule has 0 unspecified atom stereocenters. The van der Waals surface area contributed by atoms with Crippen molar-refractivity contribution in [3.63, 3.8) is 0 Å². The molecule has 2 aromatic rings. The molecular weight excluding hydrogens is 474 g/mol. The average molecular weight is 490 g/mol. The van der Waals surface area contributed by atoms with E-state index >= 15 is 0 Å². The Morgan fingerprint density at radius 3 is 1.43 bits per heavy atom. The Bertz CT molecular complexity index is 1290. The third-order valence-electron chi connectivity index (χ3n) is 9.06. The highest BCUT2D eigenvalue weighted by Gasteiger charge is 2.84. The van der Waals surface area contributed by atoms with Crippen LogP contribution in [0.2, 0.25) is 0 Å².